The van der Waals surface area contributed by atoms with Crippen molar-refractivity contribution in [1.82, 2.24) is 0 Å². The molecule has 0 aliphatic carbocycles. The predicted octanol–water partition coefficient (Wildman–Crippen LogP) is 5.50. The summed E-state index contributed by atoms with van der Waals surface area (Å²) >= 11 is 0. The van der Waals surface area contributed by atoms with E-state index in [-0.39, 0.29) is 36.9 Å². The molecule has 0 amide bonds. The fraction of sp³-hybridized carbons (Fsp3) is 0.652. The molecular weight excluding hydrogens is 402 g/mol. The van der Waals surface area contributed by atoms with Gasteiger partial charge in [-0.1, -0.05) is 57.9 Å². The fourth-order valence-corrected chi connectivity index (χ4v) is 3.08. The summed E-state index contributed by atoms with van der Waals surface area (Å²) in [6.45, 7) is 2.55. The number of ether oxygens (including phenoxy) is 3. The monoisotopic (exact) mass is 437 g/mol. The van der Waals surface area contributed by atoms with Gasteiger partial charge in [-0.2, -0.15) is 0 Å². The molecule has 1 aromatic carbocycles. The minimum atomic E-state index is -0.552. The second-order valence-corrected chi connectivity index (χ2v) is 7.47. The van der Waals surface area contributed by atoms with Crippen molar-refractivity contribution in [3.63, 3.8) is 0 Å². The van der Waals surface area contributed by atoms with Crippen molar-refractivity contribution in [2.75, 3.05) is 13.7 Å². The number of hydrogen-bond donors (Lipinski definition) is 0. The molecule has 0 aromatic heterocycles. The van der Waals surface area contributed by atoms with Crippen molar-refractivity contribution in [3.05, 3.63) is 33.9 Å². The highest BCUT2D eigenvalue weighted by molar-refractivity contribution is 5.72. The van der Waals surface area contributed by atoms with Crippen LogP contribution in [0.15, 0.2) is 18.2 Å². The van der Waals surface area contributed by atoms with Gasteiger partial charge in [0.25, 0.3) is 0 Å². The van der Waals surface area contributed by atoms with E-state index in [1.54, 1.807) is 6.07 Å². The molecule has 1 rings (SSSR count). The second kappa shape index (κ2) is 16.1. The van der Waals surface area contributed by atoms with Gasteiger partial charge >= 0.3 is 17.6 Å². The molecule has 0 unspecified atom stereocenters. The lowest BCUT2D eigenvalue weighted by Gasteiger charge is -2.07. The molecule has 0 aliphatic heterocycles. The molecule has 0 radical (unpaired) electrons. The van der Waals surface area contributed by atoms with Crippen molar-refractivity contribution in [2.45, 2.75) is 84.2 Å². The van der Waals surface area contributed by atoms with E-state index in [1.165, 1.54) is 57.8 Å². The van der Waals surface area contributed by atoms with E-state index in [2.05, 4.69) is 6.92 Å². The molecule has 0 aliphatic rings. The quantitative estimate of drug-likeness (QED) is 0.137. The number of nitro benzene ring substituents is 1. The minimum absolute atomic E-state index is 0.0768. The predicted molar refractivity (Wildman–Crippen MR) is 117 cm³/mol. The molecule has 0 N–H and O–H groups in total. The highest BCUT2D eigenvalue weighted by Gasteiger charge is 2.16. The van der Waals surface area contributed by atoms with Gasteiger partial charge in [0.2, 0.25) is 0 Å². The van der Waals surface area contributed by atoms with Gasteiger partial charge in [0.15, 0.2) is 5.75 Å². The van der Waals surface area contributed by atoms with Crippen molar-refractivity contribution in [1.29, 1.82) is 0 Å². The van der Waals surface area contributed by atoms with Crippen LogP contribution in [0, 0.1) is 10.1 Å². The molecular formula is C23H35NO7. The van der Waals surface area contributed by atoms with Gasteiger partial charge in [0.05, 0.1) is 18.6 Å². The maximum absolute atomic E-state index is 11.8. The van der Waals surface area contributed by atoms with E-state index in [0.717, 1.165) is 12.8 Å². The largest absolute Gasteiger partial charge is 0.490 e. The highest BCUT2D eigenvalue weighted by Crippen LogP contribution is 2.27. The van der Waals surface area contributed by atoms with Gasteiger partial charge in [0.1, 0.15) is 6.61 Å². The standard InChI is InChI=1S/C23H35NO7/c1-3-4-5-6-7-8-9-10-16-30-22(25)12-11-13-23(26)31-18-19-14-15-21(29-2)20(17-19)24(27)28/h14-15,17H,3-13,16,18H2,1-2H3. The van der Waals surface area contributed by atoms with Gasteiger partial charge < -0.3 is 14.2 Å². The van der Waals surface area contributed by atoms with Crippen LogP contribution in [0.5, 0.6) is 5.75 Å². The number of rotatable bonds is 17. The Morgan fingerprint density at radius 2 is 1.52 bits per heavy atom. The Kier molecular flexibility index (Phi) is 13.7. The van der Waals surface area contributed by atoms with Crippen LogP contribution in [0.1, 0.15) is 83.1 Å². The van der Waals surface area contributed by atoms with Gasteiger partial charge in [-0.25, -0.2) is 0 Å². The number of carbonyl (C=O) groups is 2. The highest BCUT2D eigenvalue weighted by atomic mass is 16.6. The molecule has 0 heterocycles. The lowest BCUT2D eigenvalue weighted by molar-refractivity contribution is -0.385. The van der Waals surface area contributed by atoms with Crippen molar-refractivity contribution < 1.29 is 28.7 Å². The maximum atomic E-state index is 11.8. The van der Waals surface area contributed by atoms with Crippen LogP contribution in [-0.2, 0) is 25.7 Å². The van der Waals surface area contributed by atoms with E-state index in [0.29, 0.717) is 18.6 Å². The summed E-state index contributed by atoms with van der Waals surface area (Å²) in [4.78, 5) is 34.0. The summed E-state index contributed by atoms with van der Waals surface area (Å²) < 4.78 is 15.2. The number of methoxy groups -OCH3 is 1. The zero-order valence-corrected chi connectivity index (χ0v) is 18.7. The Balaban J connectivity index is 2.12. The Hall–Kier alpha value is -2.64. The van der Waals surface area contributed by atoms with Crippen LogP contribution in [0.2, 0.25) is 0 Å². The lowest BCUT2D eigenvalue weighted by atomic mass is 10.1. The van der Waals surface area contributed by atoms with Gasteiger partial charge in [-0.3, -0.25) is 19.7 Å². The number of carbonyl (C=O) groups excluding carboxylic acids is 2. The summed E-state index contributed by atoms with van der Waals surface area (Å²) in [6.07, 6.45) is 10.1. The number of hydrogen-bond acceptors (Lipinski definition) is 7. The zero-order chi connectivity index (χ0) is 22.9. The number of nitro groups is 1. The van der Waals surface area contributed by atoms with E-state index in [9.17, 15) is 19.7 Å². The third-order valence-electron chi connectivity index (χ3n) is 4.86. The Labute approximate surface area is 184 Å². The smallest absolute Gasteiger partial charge is 0.311 e. The summed E-state index contributed by atoms with van der Waals surface area (Å²) in [5.41, 5.74) is 0.306. The van der Waals surface area contributed by atoms with Crippen LogP contribution < -0.4 is 4.74 Å². The molecule has 0 atom stereocenters. The molecule has 0 bridgehead atoms. The first-order valence-corrected chi connectivity index (χ1v) is 11.1. The number of nitrogens with zero attached hydrogens (tertiary/aromatic N) is 1. The van der Waals surface area contributed by atoms with Gasteiger partial charge in [-0.15, -0.1) is 0 Å². The van der Waals surface area contributed by atoms with Gasteiger partial charge in [0, 0.05) is 18.9 Å². The Bertz CT molecular complexity index is 691. The molecule has 1 aromatic rings. The maximum Gasteiger partial charge on any atom is 0.311 e. The second-order valence-electron chi connectivity index (χ2n) is 7.47. The molecule has 31 heavy (non-hydrogen) atoms. The SMILES string of the molecule is CCCCCCCCCCOC(=O)CCCC(=O)OCc1ccc(OC)c([N+](=O)[O-])c1. The first-order valence-electron chi connectivity index (χ1n) is 11.1. The minimum Gasteiger partial charge on any atom is -0.490 e. The average Bonchev–Trinajstić information content (AvgIpc) is 2.76. The number of benzene rings is 1. The molecule has 174 valence electrons. The third kappa shape index (κ3) is 12.0. The summed E-state index contributed by atoms with van der Waals surface area (Å²) in [5, 5.41) is 11.0. The summed E-state index contributed by atoms with van der Waals surface area (Å²) in [6, 6.07) is 4.38. The van der Waals surface area contributed by atoms with Crippen molar-refractivity contribution in [2.24, 2.45) is 0 Å². The first kappa shape index (κ1) is 26.4. The molecule has 0 saturated carbocycles. The first-order chi connectivity index (χ1) is 15.0. The average molecular weight is 438 g/mol. The van der Waals surface area contributed by atoms with Crippen molar-refractivity contribution in [3.8, 4) is 5.75 Å². The number of unbranched alkanes of at least 4 members (excludes halogenated alkanes) is 7. The van der Waals surface area contributed by atoms with Gasteiger partial charge in [-0.05, 0) is 24.5 Å². The van der Waals surface area contributed by atoms with Crippen LogP contribution in [0.3, 0.4) is 0 Å². The molecule has 0 saturated heterocycles. The van der Waals surface area contributed by atoms with Crippen LogP contribution in [0.25, 0.3) is 0 Å². The summed E-state index contributed by atoms with van der Waals surface area (Å²) in [5.74, 6) is -0.624. The molecule has 0 spiro atoms. The molecule has 8 heteroatoms. The van der Waals surface area contributed by atoms with Crippen LogP contribution in [-0.4, -0.2) is 30.6 Å². The number of esters is 2. The molecule has 0 fully saturated rings. The van der Waals surface area contributed by atoms with E-state index in [1.807, 2.05) is 0 Å². The fourth-order valence-electron chi connectivity index (χ4n) is 3.08. The molecule has 8 nitrogen and oxygen atoms in total. The van der Waals surface area contributed by atoms with Crippen LogP contribution in [0.4, 0.5) is 5.69 Å². The normalized spacial score (nSPS) is 10.5. The van der Waals surface area contributed by atoms with E-state index in [4.69, 9.17) is 14.2 Å². The van der Waals surface area contributed by atoms with Crippen LogP contribution >= 0.6 is 0 Å². The lowest BCUT2D eigenvalue weighted by Crippen LogP contribution is -2.09. The summed E-state index contributed by atoms with van der Waals surface area (Å²) in [7, 11) is 1.35. The van der Waals surface area contributed by atoms with E-state index >= 15 is 0 Å². The zero-order valence-electron chi connectivity index (χ0n) is 18.7. The Morgan fingerprint density at radius 3 is 2.13 bits per heavy atom. The van der Waals surface area contributed by atoms with Crippen molar-refractivity contribution >= 4 is 17.6 Å². The Morgan fingerprint density at radius 1 is 0.903 bits per heavy atom. The third-order valence-corrected chi connectivity index (χ3v) is 4.86. The topological polar surface area (TPSA) is 105 Å². The van der Waals surface area contributed by atoms with E-state index < -0.39 is 10.9 Å².